The highest BCUT2D eigenvalue weighted by molar-refractivity contribution is 4.79. The lowest BCUT2D eigenvalue weighted by Crippen LogP contribution is -2.40. The van der Waals surface area contributed by atoms with Crippen molar-refractivity contribution in [3.8, 4) is 0 Å². The van der Waals surface area contributed by atoms with Crippen LogP contribution in [0.2, 0.25) is 0 Å². The fourth-order valence-electron chi connectivity index (χ4n) is 2.93. The summed E-state index contributed by atoms with van der Waals surface area (Å²) >= 11 is 0. The molecule has 3 heteroatoms. The molecule has 17 heavy (non-hydrogen) atoms. The SMILES string of the molecule is CCNCC(C)(C)CN(C)CC1CCN(C)C1. The monoisotopic (exact) mass is 241 g/mol. The highest BCUT2D eigenvalue weighted by Crippen LogP contribution is 2.19. The summed E-state index contributed by atoms with van der Waals surface area (Å²) in [7, 11) is 4.50. The number of hydrogen-bond acceptors (Lipinski definition) is 3. The highest BCUT2D eigenvalue weighted by Gasteiger charge is 2.24. The predicted molar refractivity (Wildman–Crippen MR) is 75.4 cm³/mol. The molecule has 0 bridgehead atoms. The van der Waals surface area contributed by atoms with E-state index in [0.29, 0.717) is 5.41 Å². The first kappa shape index (κ1) is 14.9. The summed E-state index contributed by atoms with van der Waals surface area (Å²) in [5.74, 6) is 0.875. The van der Waals surface area contributed by atoms with E-state index in [1.807, 2.05) is 0 Å². The van der Waals surface area contributed by atoms with Crippen molar-refractivity contribution in [2.45, 2.75) is 27.2 Å². The van der Waals surface area contributed by atoms with Gasteiger partial charge in [-0.05, 0) is 44.9 Å². The van der Waals surface area contributed by atoms with Crippen LogP contribution in [0.4, 0.5) is 0 Å². The quantitative estimate of drug-likeness (QED) is 0.729. The van der Waals surface area contributed by atoms with Crippen molar-refractivity contribution in [2.24, 2.45) is 11.3 Å². The third kappa shape index (κ3) is 5.84. The summed E-state index contributed by atoms with van der Waals surface area (Å²) in [5, 5.41) is 3.46. The van der Waals surface area contributed by atoms with E-state index in [-0.39, 0.29) is 0 Å². The third-order valence-corrected chi connectivity index (χ3v) is 3.61. The van der Waals surface area contributed by atoms with E-state index in [1.54, 1.807) is 0 Å². The minimum Gasteiger partial charge on any atom is -0.316 e. The zero-order valence-corrected chi connectivity index (χ0v) is 12.4. The molecule has 1 heterocycles. The lowest BCUT2D eigenvalue weighted by Gasteiger charge is -2.31. The van der Waals surface area contributed by atoms with Crippen LogP contribution < -0.4 is 5.32 Å². The molecule has 0 aromatic heterocycles. The second-order valence-corrected chi connectivity index (χ2v) is 6.56. The second kappa shape index (κ2) is 6.72. The van der Waals surface area contributed by atoms with Crippen LogP contribution in [0.5, 0.6) is 0 Å². The molecule has 1 unspecified atom stereocenters. The summed E-state index contributed by atoms with van der Waals surface area (Å²) in [6.07, 6.45) is 1.37. The van der Waals surface area contributed by atoms with Crippen LogP contribution in [0, 0.1) is 11.3 Å². The molecule has 1 atom stereocenters. The first-order valence-electron chi connectivity index (χ1n) is 7.01. The Bertz CT molecular complexity index is 216. The van der Waals surface area contributed by atoms with E-state index in [0.717, 1.165) is 19.0 Å². The van der Waals surface area contributed by atoms with E-state index >= 15 is 0 Å². The van der Waals surface area contributed by atoms with Crippen molar-refractivity contribution < 1.29 is 0 Å². The van der Waals surface area contributed by atoms with Gasteiger partial charge < -0.3 is 15.1 Å². The fourth-order valence-corrected chi connectivity index (χ4v) is 2.93. The van der Waals surface area contributed by atoms with Gasteiger partial charge in [0.1, 0.15) is 0 Å². The standard InChI is InChI=1S/C14H31N3/c1-6-15-11-14(2,3)12-17(5)10-13-7-8-16(4)9-13/h13,15H,6-12H2,1-5H3. The first-order chi connectivity index (χ1) is 7.93. The topological polar surface area (TPSA) is 18.5 Å². The van der Waals surface area contributed by atoms with E-state index < -0.39 is 0 Å². The van der Waals surface area contributed by atoms with Gasteiger partial charge >= 0.3 is 0 Å². The van der Waals surface area contributed by atoms with Crippen molar-refractivity contribution in [2.75, 3.05) is 53.4 Å². The maximum Gasteiger partial charge on any atom is 0.00419 e. The normalized spacial score (nSPS) is 22.6. The number of hydrogen-bond donors (Lipinski definition) is 1. The first-order valence-corrected chi connectivity index (χ1v) is 7.01. The van der Waals surface area contributed by atoms with Crippen molar-refractivity contribution in [1.29, 1.82) is 0 Å². The molecular formula is C14H31N3. The number of likely N-dealkylation sites (tertiary alicyclic amines) is 1. The molecule has 102 valence electrons. The van der Waals surface area contributed by atoms with Crippen LogP contribution in [0.25, 0.3) is 0 Å². The Morgan fingerprint density at radius 3 is 2.65 bits per heavy atom. The van der Waals surface area contributed by atoms with Crippen molar-refractivity contribution >= 4 is 0 Å². The molecule has 0 aromatic carbocycles. The molecule has 0 aromatic rings. The van der Waals surface area contributed by atoms with E-state index in [4.69, 9.17) is 0 Å². The van der Waals surface area contributed by atoms with Gasteiger partial charge in [0, 0.05) is 26.2 Å². The molecule has 1 fully saturated rings. The van der Waals surface area contributed by atoms with E-state index in [9.17, 15) is 0 Å². The van der Waals surface area contributed by atoms with Crippen molar-refractivity contribution in [3.63, 3.8) is 0 Å². The molecule has 0 radical (unpaired) electrons. The van der Waals surface area contributed by atoms with Crippen LogP contribution in [-0.4, -0.2) is 63.2 Å². The molecule has 0 aliphatic carbocycles. The van der Waals surface area contributed by atoms with Gasteiger partial charge in [-0.1, -0.05) is 20.8 Å². The Morgan fingerprint density at radius 2 is 2.12 bits per heavy atom. The molecule has 3 nitrogen and oxygen atoms in total. The Balaban J connectivity index is 2.25. The second-order valence-electron chi connectivity index (χ2n) is 6.56. The fraction of sp³-hybridized carbons (Fsp3) is 1.00. The van der Waals surface area contributed by atoms with Crippen LogP contribution in [-0.2, 0) is 0 Å². The van der Waals surface area contributed by atoms with Crippen molar-refractivity contribution in [1.82, 2.24) is 15.1 Å². The Kier molecular flexibility index (Phi) is 5.90. The van der Waals surface area contributed by atoms with E-state index in [2.05, 4.69) is 50.0 Å². The minimum absolute atomic E-state index is 0.370. The molecule has 1 rings (SSSR count). The van der Waals surface area contributed by atoms with Gasteiger partial charge in [0.05, 0.1) is 0 Å². The zero-order valence-electron chi connectivity index (χ0n) is 12.4. The van der Waals surface area contributed by atoms with Gasteiger partial charge in [-0.15, -0.1) is 0 Å². The van der Waals surface area contributed by atoms with Gasteiger partial charge in [0.2, 0.25) is 0 Å². The summed E-state index contributed by atoms with van der Waals surface area (Å²) in [5.41, 5.74) is 0.370. The molecule has 0 amide bonds. The molecule has 0 saturated carbocycles. The van der Waals surface area contributed by atoms with Crippen LogP contribution >= 0.6 is 0 Å². The largest absolute Gasteiger partial charge is 0.316 e. The highest BCUT2D eigenvalue weighted by atomic mass is 15.2. The number of rotatable bonds is 7. The maximum atomic E-state index is 3.46. The zero-order chi connectivity index (χ0) is 12.9. The summed E-state index contributed by atoms with van der Waals surface area (Å²) < 4.78 is 0. The summed E-state index contributed by atoms with van der Waals surface area (Å²) in [6.45, 7) is 14.0. The average Bonchev–Trinajstić information content (AvgIpc) is 2.60. The average molecular weight is 241 g/mol. The molecule has 1 saturated heterocycles. The van der Waals surface area contributed by atoms with Gasteiger partial charge in [0.15, 0.2) is 0 Å². The smallest absolute Gasteiger partial charge is 0.00419 e. The van der Waals surface area contributed by atoms with E-state index in [1.165, 1.54) is 32.6 Å². The van der Waals surface area contributed by atoms with Crippen molar-refractivity contribution in [3.05, 3.63) is 0 Å². The molecule has 1 N–H and O–H groups in total. The lowest BCUT2D eigenvalue weighted by atomic mass is 9.92. The van der Waals surface area contributed by atoms with Gasteiger partial charge in [0.25, 0.3) is 0 Å². The van der Waals surface area contributed by atoms with Crippen LogP contribution in [0.15, 0.2) is 0 Å². The molecule has 1 aliphatic rings. The van der Waals surface area contributed by atoms with Gasteiger partial charge in [-0.3, -0.25) is 0 Å². The lowest BCUT2D eigenvalue weighted by molar-refractivity contribution is 0.183. The minimum atomic E-state index is 0.370. The summed E-state index contributed by atoms with van der Waals surface area (Å²) in [4.78, 5) is 4.96. The Labute approximate surface area is 108 Å². The van der Waals surface area contributed by atoms with Crippen LogP contribution in [0.3, 0.4) is 0 Å². The van der Waals surface area contributed by atoms with Crippen LogP contribution in [0.1, 0.15) is 27.2 Å². The summed E-state index contributed by atoms with van der Waals surface area (Å²) in [6, 6.07) is 0. The van der Waals surface area contributed by atoms with Gasteiger partial charge in [-0.2, -0.15) is 0 Å². The number of nitrogens with one attached hydrogen (secondary N) is 1. The predicted octanol–water partition coefficient (Wildman–Crippen LogP) is 1.51. The molecule has 1 aliphatic heterocycles. The molecular weight excluding hydrogens is 210 g/mol. The third-order valence-electron chi connectivity index (χ3n) is 3.61. The maximum absolute atomic E-state index is 3.46. The van der Waals surface area contributed by atoms with Gasteiger partial charge in [-0.25, -0.2) is 0 Å². The Hall–Kier alpha value is -0.120. The molecule has 0 spiro atoms. The Morgan fingerprint density at radius 1 is 1.41 bits per heavy atom. The number of nitrogens with zero attached hydrogens (tertiary/aromatic N) is 2.